The smallest absolute Gasteiger partial charge is 0.0550 e. The third kappa shape index (κ3) is 60.5. The fraction of sp³-hybridized carbons (Fsp3) is 0.108. The summed E-state index contributed by atoms with van der Waals surface area (Å²) < 4.78 is 4.82. The van der Waals surface area contributed by atoms with E-state index in [1.165, 1.54) is 0 Å². The monoisotopic (exact) mass is 850 g/mol. The van der Waals surface area contributed by atoms with Gasteiger partial charge in [0.05, 0.1) is 6.61 Å². The molecule has 0 saturated heterocycles. The minimum Gasteiger partial charge on any atom is -0.365 e. The molecule has 0 aromatic rings. The molecule has 0 bridgehead atoms. The molecule has 0 aliphatic carbocycles. The van der Waals surface area contributed by atoms with Crippen molar-refractivity contribution in [2.24, 2.45) is 5.41 Å². The van der Waals surface area contributed by atoms with Crippen LogP contribution in [0.25, 0.3) is 0 Å². The van der Waals surface area contributed by atoms with Crippen molar-refractivity contribution in [1.29, 1.82) is 0 Å². The molecule has 0 aromatic carbocycles. The third-order valence-corrected chi connectivity index (χ3v) is 4.37. The van der Waals surface area contributed by atoms with E-state index in [-0.39, 0.29) is 1.43 Å². The van der Waals surface area contributed by atoms with Gasteiger partial charge in [0, 0.05) is 248 Å². The molecule has 2 heteroatoms. The number of rotatable bonds is 1. The van der Waals surface area contributed by atoms with Gasteiger partial charge in [-0.3, -0.25) is 0 Å². The molecule has 0 fully saturated rings. The zero-order valence-corrected chi connectivity index (χ0v) is 37.3. The maximum atomic E-state index is 4.82. The summed E-state index contributed by atoms with van der Waals surface area (Å²) in [5, 5.41) is 0. The molecule has 0 aliphatic heterocycles. The summed E-state index contributed by atoms with van der Waals surface area (Å²) in [6, 6.07) is 0. The Morgan fingerprint density at radius 3 is 0.358 bits per heavy atom. The molecule has 0 aliphatic rings. The van der Waals surface area contributed by atoms with Crippen LogP contribution >= 0.6 is 9.47 Å². The normalized spacial score (nSPS) is 4.81. The van der Waals surface area contributed by atoms with Crippen LogP contribution in [0.15, 0.2) is 0 Å². The Kier molecular flexibility index (Phi) is 43.7. The summed E-state index contributed by atoms with van der Waals surface area (Å²) >= 11 is 0. The van der Waals surface area contributed by atoms with E-state index in [2.05, 4.69) is 374 Å². The summed E-state index contributed by atoms with van der Waals surface area (Å²) in [4.78, 5) is 0. The first kappa shape index (κ1) is 56.7. The van der Waals surface area contributed by atoms with Gasteiger partial charge in [-0.1, -0.05) is 32.6 Å². The van der Waals surface area contributed by atoms with Gasteiger partial charge in [0.15, 0.2) is 0 Å². The molecule has 0 radical (unpaired) electrons. The molecule has 1 nitrogen and oxygen atoms in total. The maximum absolute atomic E-state index is 4.82. The largest absolute Gasteiger partial charge is 0.365 e. The first-order valence-electron chi connectivity index (χ1n) is 17.6. The lowest BCUT2D eigenvalue weighted by Crippen LogP contribution is -2.10. The van der Waals surface area contributed by atoms with Gasteiger partial charge in [0.2, 0.25) is 0 Å². The molecule has 0 spiro atoms. The molecule has 1 unspecified atom stereocenters. The number of hydrogen-bond acceptors (Lipinski definition) is 1. The first-order valence-corrected chi connectivity index (χ1v) is 18.1. The average Bonchev–Trinajstić information content (AvgIpc) is 3.31. The summed E-state index contributed by atoms with van der Waals surface area (Å²) in [6.45, 7) is 10.6. The van der Waals surface area contributed by atoms with Gasteiger partial charge in [-0.15, -0.1) is 0 Å². The second-order valence-corrected chi connectivity index (χ2v) is 10.7. The minimum absolute atomic E-state index is 0. The Labute approximate surface area is 403 Å². The molecule has 67 heavy (non-hydrogen) atoms. The average molecular weight is 851 g/mol. The highest BCUT2D eigenvalue weighted by molar-refractivity contribution is 7.09. The van der Waals surface area contributed by atoms with Gasteiger partial charge < -0.3 is 4.52 Å². The van der Waals surface area contributed by atoms with Crippen molar-refractivity contribution in [3.8, 4) is 343 Å². The van der Waals surface area contributed by atoms with Crippen molar-refractivity contribution in [2.75, 3.05) is 6.61 Å². The van der Waals surface area contributed by atoms with Crippen molar-refractivity contribution in [1.82, 2.24) is 0 Å². The van der Waals surface area contributed by atoms with Crippen LogP contribution in [0.5, 0.6) is 0 Å². The Morgan fingerprint density at radius 2 is 0.313 bits per heavy atom. The van der Waals surface area contributed by atoms with Crippen LogP contribution in [0.1, 0.15) is 36.0 Å². The van der Waals surface area contributed by atoms with Crippen molar-refractivity contribution in [2.45, 2.75) is 34.6 Å². The summed E-state index contributed by atoms with van der Waals surface area (Å²) in [6.07, 6.45) is 0. The van der Waals surface area contributed by atoms with Crippen LogP contribution in [0, 0.1) is 349 Å². The van der Waals surface area contributed by atoms with Crippen LogP contribution in [-0.4, -0.2) is 6.61 Å². The van der Waals surface area contributed by atoms with Gasteiger partial charge in [0.1, 0.15) is 0 Å². The van der Waals surface area contributed by atoms with E-state index in [0.29, 0.717) is 5.41 Å². The van der Waals surface area contributed by atoms with E-state index in [1.54, 1.807) is 13.8 Å². The molecular formula is C65H21OP. The molecule has 0 aromatic heterocycles. The molecule has 0 saturated carbocycles. The highest BCUT2D eigenvalue weighted by Gasteiger charge is 2.07. The molecule has 0 heterocycles. The van der Waals surface area contributed by atoms with Crippen LogP contribution in [0.2, 0.25) is 0 Å². The van der Waals surface area contributed by atoms with Crippen molar-refractivity contribution < 1.29 is 5.95 Å². The SMILES string of the molecule is CC#CC#CC#CC#CC#CC#CC#CC#CC#CC#CC#CC#CC#CC#CC#CC#CC#CC#CC#CC#CC#CC#CC#CC#CC#CC#CC#CC#CC#CC.CC(C)(C)COP.[3HH]. The molecule has 0 amide bonds. The Morgan fingerprint density at radius 1 is 0.224 bits per heavy atom. The van der Waals surface area contributed by atoms with Crippen molar-refractivity contribution in [3.63, 3.8) is 0 Å². The molecule has 0 rings (SSSR count). The van der Waals surface area contributed by atoms with Gasteiger partial charge in [-0.05, 0) is 114 Å². The maximum Gasteiger partial charge on any atom is 0.0550 e. The van der Waals surface area contributed by atoms with Gasteiger partial charge in [0.25, 0.3) is 0 Å². The van der Waals surface area contributed by atoms with Crippen LogP contribution in [-0.2, 0) is 4.52 Å². The molecule has 0 N–H and O–H groups in total. The van der Waals surface area contributed by atoms with Crippen LogP contribution in [0.3, 0.4) is 0 Å². The summed E-state index contributed by atoms with van der Waals surface area (Å²) in [5.74, 6) is 146. The lowest BCUT2D eigenvalue weighted by molar-refractivity contribution is 0.226. The third-order valence-electron chi connectivity index (χ3n) is 4.20. The lowest BCUT2D eigenvalue weighted by atomic mass is 9.99. The molecule has 1 atom stereocenters. The topological polar surface area (TPSA) is 9.23 Å². The van der Waals surface area contributed by atoms with E-state index in [4.69, 9.17) is 4.52 Å². The van der Waals surface area contributed by atoms with Gasteiger partial charge in [-0.2, -0.15) is 0 Å². The standard InChI is InChI=1S/C60H6.C5H13OP.H2/c1-3-5-7-9-11-13-15-17-19-21-23-25-27-29-31-33-35-37-39-41-43-45-47-49-51-53-55-57-59-60-58-56-54-52-50-48-46-44-42-40-38-36-34-32-30-28-26-24-22-20-18-16-14-12-10-8-6-4-2;1-5(2,3)4-6-7;/h1-2H3;4,7H2,1-3H3;1H/i;;1+2. The zero-order valence-electron chi connectivity index (χ0n) is 36.2. The second kappa shape index (κ2) is 51.6. The van der Waals surface area contributed by atoms with Crippen LogP contribution < -0.4 is 0 Å². The highest BCUT2D eigenvalue weighted by Crippen LogP contribution is 2.13. The van der Waals surface area contributed by atoms with Gasteiger partial charge >= 0.3 is 0 Å². The first-order chi connectivity index (χ1) is 33.0. The van der Waals surface area contributed by atoms with Crippen molar-refractivity contribution in [3.05, 3.63) is 0 Å². The Hall–Kier alpha value is -12.4. The molecular weight excluding hydrogens is 828 g/mol. The van der Waals surface area contributed by atoms with E-state index >= 15 is 0 Å². The predicted octanol–water partition coefficient (Wildman–Crippen LogP) is 3.21. The summed E-state index contributed by atoms with van der Waals surface area (Å²) in [7, 11) is 2.24. The summed E-state index contributed by atoms with van der Waals surface area (Å²) in [5.41, 5.74) is 0.307. The lowest BCUT2D eigenvalue weighted by Gasteiger charge is -2.14. The van der Waals surface area contributed by atoms with Gasteiger partial charge in [-0.25, -0.2) is 0 Å². The fourth-order valence-corrected chi connectivity index (χ4v) is 2.56. The Bertz CT molecular complexity index is 3680. The van der Waals surface area contributed by atoms with E-state index in [9.17, 15) is 0 Å². The highest BCUT2D eigenvalue weighted by atomic mass is 31.0. The number of hydrogen-bond donors (Lipinski definition) is 0. The van der Waals surface area contributed by atoms with E-state index < -0.39 is 0 Å². The van der Waals surface area contributed by atoms with Crippen LogP contribution in [0.4, 0.5) is 0 Å². The second-order valence-electron chi connectivity index (χ2n) is 10.4. The Balaban J connectivity index is -0.00000486. The fourth-order valence-electron chi connectivity index (χ4n) is 2.06. The molecule has 292 valence electrons. The van der Waals surface area contributed by atoms with Crippen molar-refractivity contribution >= 4 is 9.47 Å². The van der Waals surface area contributed by atoms with E-state index in [0.717, 1.165) is 6.61 Å². The zero-order chi connectivity index (χ0) is 48.9. The predicted molar refractivity (Wildman–Crippen MR) is 274 cm³/mol. The quantitative estimate of drug-likeness (QED) is 0.292. The minimum atomic E-state index is 0. The van der Waals surface area contributed by atoms with E-state index in [1.807, 2.05) is 0 Å².